The summed E-state index contributed by atoms with van der Waals surface area (Å²) in [6, 6.07) is 6.69. The summed E-state index contributed by atoms with van der Waals surface area (Å²) >= 11 is 1.01. The SMILES string of the molecule is CS(=O)c1ccc(/C(=N\OC2CCCC2)C(=O)Nc2ncc(C(=O)NCCO)s2)cc1. The minimum absolute atomic E-state index is 0.0214. The third-order valence-corrected chi connectivity index (χ3v) is 6.46. The lowest BCUT2D eigenvalue weighted by atomic mass is 10.1. The zero-order valence-electron chi connectivity index (χ0n) is 17.0. The van der Waals surface area contributed by atoms with Gasteiger partial charge in [0.05, 0.1) is 12.8 Å². The molecular weight excluding hydrogens is 440 g/mol. The van der Waals surface area contributed by atoms with Crippen LogP contribution in [0.15, 0.2) is 40.5 Å². The predicted molar refractivity (Wildman–Crippen MR) is 119 cm³/mol. The molecule has 2 amide bonds. The van der Waals surface area contributed by atoms with E-state index in [4.69, 9.17) is 9.94 Å². The molecule has 1 aromatic heterocycles. The maximum Gasteiger partial charge on any atom is 0.280 e. The lowest BCUT2D eigenvalue weighted by Crippen LogP contribution is -2.25. The first kappa shape index (κ1) is 23.0. The number of benzene rings is 1. The van der Waals surface area contributed by atoms with Crippen molar-refractivity contribution in [1.29, 1.82) is 0 Å². The van der Waals surface area contributed by atoms with Gasteiger partial charge in [0.1, 0.15) is 11.0 Å². The van der Waals surface area contributed by atoms with Crippen molar-refractivity contribution in [3.63, 3.8) is 0 Å². The van der Waals surface area contributed by atoms with Crippen LogP contribution in [-0.4, -0.2) is 57.3 Å². The van der Waals surface area contributed by atoms with Crippen molar-refractivity contribution in [1.82, 2.24) is 10.3 Å². The van der Waals surface area contributed by atoms with Gasteiger partial charge in [-0.15, -0.1) is 0 Å². The molecule has 0 saturated heterocycles. The Hall–Kier alpha value is -2.63. The van der Waals surface area contributed by atoms with Crippen LogP contribution >= 0.6 is 11.3 Å². The van der Waals surface area contributed by atoms with Crippen LogP contribution in [0.25, 0.3) is 0 Å². The molecule has 1 fully saturated rings. The minimum atomic E-state index is -1.14. The number of rotatable bonds is 9. The topological polar surface area (TPSA) is 130 Å². The van der Waals surface area contributed by atoms with Crippen molar-refractivity contribution < 1.29 is 23.7 Å². The van der Waals surface area contributed by atoms with Crippen LogP contribution in [-0.2, 0) is 20.4 Å². The molecule has 1 atom stereocenters. The third kappa shape index (κ3) is 6.42. The van der Waals surface area contributed by atoms with E-state index in [1.54, 1.807) is 30.5 Å². The highest BCUT2D eigenvalue weighted by Crippen LogP contribution is 2.22. The van der Waals surface area contributed by atoms with Gasteiger partial charge in [0.25, 0.3) is 11.8 Å². The number of aliphatic hydroxyl groups is 1. The van der Waals surface area contributed by atoms with E-state index < -0.39 is 16.7 Å². The number of aromatic nitrogens is 1. The van der Waals surface area contributed by atoms with Crippen LogP contribution in [0.5, 0.6) is 0 Å². The number of hydrogen-bond acceptors (Lipinski definition) is 8. The summed E-state index contributed by atoms with van der Waals surface area (Å²) < 4.78 is 11.6. The number of carbonyl (C=O) groups excluding carboxylic acids is 2. The molecule has 1 heterocycles. The summed E-state index contributed by atoms with van der Waals surface area (Å²) in [6.07, 6.45) is 6.83. The van der Waals surface area contributed by atoms with Crippen LogP contribution in [0.3, 0.4) is 0 Å². The zero-order valence-corrected chi connectivity index (χ0v) is 18.6. The van der Waals surface area contributed by atoms with Crippen molar-refractivity contribution >= 4 is 44.8 Å². The van der Waals surface area contributed by atoms with Crippen molar-refractivity contribution in [3.8, 4) is 0 Å². The maximum absolute atomic E-state index is 12.9. The highest BCUT2D eigenvalue weighted by atomic mass is 32.2. The van der Waals surface area contributed by atoms with Crippen LogP contribution in [0.4, 0.5) is 5.13 Å². The molecule has 1 saturated carbocycles. The molecule has 0 bridgehead atoms. The number of thiazole rings is 1. The Balaban J connectivity index is 1.77. The second-order valence-electron chi connectivity index (χ2n) is 6.89. The van der Waals surface area contributed by atoms with Gasteiger partial charge in [0.2, 0.25) is 0 Å². The highest BCUT2D eigenvalue weighted by Gasteiger charge is 2.21. The molecule has 9 nitrogen and oxygen atoms in total. The van der Waals surface area contributed by atoms with Crippen molar-refractivity contribution in [2.75, 3.05) is 24.7 Å². The van der Waals surface area contributed by atoms with Crippen molar-refractivity contribution in [2.24, 2.45) is 5.16 Å². The van der Waals surface area contributed by atoms with Crippen LogP contribution in [0.2, 0.25) is 0 Å². The Morgan fingerprint density at radius 1 is 1.29 bits per heavy atom. The molecule has 1 aliphatic carbocycles. The second-order valence-corrected chi connectivity index (χ2v) is 9.30. The van der Waals surface area contributed by atoms with Crippen molar-refractivity contribution in [2.45, 2.75) is 36.7 Å². The first-order chi connectivity index (χ1) is 15.0. The molecule has 0 radical (unpaired) electrons. The summed E-state index contributed by atoms with van der Waals surface area (Å²) in [5, 5.41) is 18.4. The van der Waals surface area contributed by atoms with E-state index in [1.807, 2.05) is 0 Å². The average Bonchev–Trinajstić information content (AvgIpc) is 3.45. The molecule has 1 aliphatic rings. The largest absolute Gasteiger partial charge is 0.395 e. The van der Waals surface area contributed by atoms with Gasteiger partial charge in [-0.1, -0.05) is 28.6 Å². The number of aliphatic hydroxyl groups excluding tert-OH is 1. The van der Waals surface area contributed by atoms with Gasteiger partial charge in [-0.2, -0.15) is 0 Å². The number of anilines is 1. The van der Waals surface area contributed by atoms with E-state index in [0.29, 0.717) is 15.3 Å². The molecule has 3 rings (SSSR count). The van der Waals surface area contributed by atoms with Gasteiger partial charge in [0, 0.05) is 34.1 Å². The minimum Gasteiger partial charge on any atom is -0.395 e. The molecule has 2 aromatic rings. The quantitative estimate of drug-likeness (QED) is 0.384. The number of hydrogen-bond donors (Lipinski definition) is 3. The third-order valence-electron chi connectivity index (χ3n) is 4.62. The van der Waals surface area contributed by atoms with Gasteiger partial charge in [-0.05, 0) is 37.8 Å². The smallest absolute Gasteiger partial charge is 0.280 e. The van der Waals surface area contributed by atoms with Gasteiger partial charge in [-0.25, -0.2) is 4.98 Å². The number of amides is 2. The Kier molecular flexibility index (Phi) is 8.27. The Bertz CT molecular complexity index is 968. The van der Waals surface area contributed by atoms with E-state index in [9.17, 15) is 13.8 Å². The van der Waals surface area contributed by atoms with Gasteiger partial charge in [-0.3, -0.25) is 19.1 Å². The number of oxime groups is 1. The summed E-state index contributed by atoms with van der Waals surface area (Å²) in [7, 11) is -1.14. The fourth-order valence-electron chi connectivity index (χ4n) is 3.00. The highest BCUT2D eigenvalue weighted by molar-refractivity contribution is 7.84. The van der Waals surface area contributed by atoms with E-state index in [2.05, 4.69) is 20.8 Å². The number of nitrogens with zero attached hydrogens (tertiary/aromatic N) is 2. The summed E-state index contributed by atoms with van der Waals surface area (Å²) in [5.41, 5.74) is 0.587. The Morgan fingerprint density at radius 2 is 2.00 bits per heavy atom. The standard InChI is InChI=1S/C20H24N4O5S2/c1-31(28)15-8-6-13(7-9-15)17(24-29-14-4-2-3-5-14)19(27)23-20-22-12-16(30-20)18(26)21-10-11-25/h6-9,12,14,25H,2-5,10-11H2,1H3,(H,21,26)(H,22,23,27)/b24-17+. The zero-order chi connectivity index (χ0) is 22.2. The molecule has 11 heteroatoms. The fourth-order valence-corrected chi connectivity index (χ4v) is 4.25. The lowest BCUT2D eigenvalue weighted by molar-refractivity contribution is -0.110. The normalized spacial score (nSPS) is 15.5. The fraction of sp³-hybridized carbons (Fsp3) is 0.400. The molecule has 1 aromatic carbocycles. The summed E-state index contributed by atoms with van der Waals surface area (Å²) in [4.78, 5) is 35.5. The maximum atomic E-state index is 12.9. The van der Waals surface area contributed by atoms with Crippen LogP contribution in [0.1, 0.15) is 40.9 Å². The van der Waals surface area contributed by atoms with Crippen LogP contribution in [0, 0.1) is 0 Å². The summed E-state index contributed by atoms with van der Waals surface area (Å²) in [6.45, 7) is -0.0361. The first-order valence-corrected chi connectivity index (χ1v) is 12.2. The first-order valence-electron chi connectivity index (χ1n) is 9.82. The average molecular weight is 465 g/mol. The molecular formula is C20H24N4O5S2. The van der Waals surface area contributed by atoms with Crippen molar-refractivity contribution in [3.05, 3.63) is 40.9 Å². The molecule has 1 unspecified atom stereocenters. The molecule has 3 N–H and O–H groups in total. The second kappa shape index (κ2) is 11.1. The molecule has 166 valence electrons. The van der Waals surface area contributed by atoms with E-state index in [1.165, 1.54) is 6.20 Å². The Morgan fingerprint density at radius 3 is 2.65 bits per heavy atom. The molecule has 0 spiro atoms. The monoisotopic (exact) mass is 464 g/mol. The van der Waals surface area contributed by atoms with Gasteiger partial charge < -0.3 is 15.3 Å². The molecule has 31 heavy (non-hydrogen) atoms. The van der Waals surface area contributed by atoms with E-state index in [-0.39, 0.29) is 36.0 Å². The lowest BCUT2D eigenvalue weighted by Gasteiger charge is -2.10. The number of carbonyl (C=O) groups is 2. The Labute approximate surface area is 186 Å². The van der Waals surface area contributed by atoms with Crippen LogP contribution < -0.4 is 10.6 Å². The van der Waals surface area contributed by atoms with Gasteiger partial charge >= 0.3 is 0 Å². The van der Waals surface area contributed by atoms with E-state index in [0.717, 1.165) is 37.0 Å². The predicted octanol–water partition coefficient (Wildman–Crippen LogP) is 1.90. The van der Waals surface area contributed by atoms with Gasteiger partial charge in [0.15, 0.2) is 10.8 Å². The molecule has 0 aliphatic heterocycles. The summed E-state index contributed by atoms with van der Waals surface area (Å²) in [5.74, 6) is -0.909. The number of nitrogens with one attached hydrogen (secondary N) is 2. The van der Waals surface area contributed by atoms with E-state index >= 15 is 0 Å².